The predicted octanol–water partition coefficient (Wildman–Crippen LogP) is 3.24. The molecule has 0 bridgehead atoms. The molecule has 0 aliphatic carbocycles. The highest BCUT2D eigenvalue weighted by Crippen LogP contribution is 2.25. The molecule has 1 aliphatic heterocycles. The van der Waals surface area contributed by atoms with E-state index in [0.717, 1.165) is 24.3 Å². The first-order valence-corrected chi connectivity index (χ1v) is 8.26. The molecule has 0 saturated carbocycles. The van der Waals surface area contributed by atoms with Crippen LogP contribution in [0, 0.1) is 6.92 Å². The Morgan fingerprint density at radius 2 is 2.26 bits per heavy atom. The van der Waals surface area contributed by atoms with Gasteiger partial charge in [-0.1, -0.05) is 0 Å². The molecule has 1 saturated heterocycles. The van der Waals surface area contributed by atoms with Gasteiger partial charge in [-0.05, 0) is 37.7 Å². The third-order valence-electron chi connectivity index (χ3n) is 2.97. The van der Waals surface area contributed by atoms with E-state index < -0.39 is 0 Å². The van der Waals surface area contributed by atoms with Crippen LogP contribution in [0.15, 0.2) is 17.1 Å². The van der Waals surface area contributed by atoms with Gasteiger partial charge in [0.05, 0.1) is 6.54 Å². The van der Waals surface area contributed by atoms with Gasteiger partial charge in [-0.2, -0.15) is 11.8 Å². The van der Waals surface area contributed by atoms with E-state index in [1.807, 2.05) is 18.4 Å². The molecule has 0 radical (unpaired) electrons. The van der Waals surface area contributed by atoms with Crippen LogP contribution >= 0.6 is 47.1 Å². The van der Waals surface area contributed by atoms with Crippen molar-refractivity contribution in [1.82, 2.24) is 10.6 Å². The molecule has 3 nitrogen and oxygen atoms in total. The summed E-state index contributed by atoms with van der Waals surface area (Å²) in [5.41, 5.74) is 0. The molecule has 1 aliphatic rings. The summed E-state index contributed by atoms with van der Waals surface area (Å²) in [5, 5.41) is 7.53. The monoisotopic (exact) mass is 411 g/mol. The normalized spacial score (nSPS) is 19.1. The molecule has 1 unspecified atom stereocenters. The molecule has 19 heavy (non-hydrogen) atoms. The summed E-state index contributed by atoms with van der Waals surface area (Å²) >= 11 is 3.90. The van der Waals surface area contributed by atoms with E-state index in [1.54, 1.807) is 0 Å². The second-order valence-corrected chi connectivity index (χ2v) is 7.23. The number of thiophene rings is 1. The maximum absolute atomic E-state index is 4.26. The second-order valence-electron chi connectivity index (χ2n) is 4.45. The van der Waals surface area contributed by atoms with Crippen molar-refractivity contribution in [2.45, 2.75) is 31.6 Å². The third kappa shape index (κ3) is 5.91. The van der Waals surface area contributed by atoms with Crippen LogP contribution in [0.1, 0.15) is 22.6 Å². The Morgan fingerprint density at radius 1 is 1.42 bits per heavy atom. The number of halogens is 1. The van der Waals surface area contributed by atoms with Crippen LogP contribution in [0.4, 0.5) is 0 Å². The van der Waals surface area contributed by atoms with E-state index in [0.29, 0.717) is 0 Å². The highest BCUT2D eigenvalue weighted by molar-refractivity contribution is 14.0. The fourth-order valence-electron chi connectivity index (χ4n) is 1.99. The first-order chi connectivity index (χ1) is 8.78. The maximum Gasteiger partial charge on any atom is 0.191 e. The molecule has 0 aromatic carbocycles. The van der Waals surface area contributed by atoms with Crippen molar-refractivity contribution in [1.29, 1.82) is 0 Å². The van der Waals surface area contributed by atoms with E-state index in [2.05, 4.69) is 46.4 Å². The molecule has 6 heteroatoms. The fourth-order valence-corrected chi connectivity index (χ4v) is 4.02. The molecule has 0 amide bonds. The van der Waals surface area contributed by atoms with E-state index in [9.17, 15) is 0 Å². The quantitative estimate of drug-likeness (QED) is 0.454. The zero-order valence-electron chi connectivity index (χ0n) is 11.4. The molecule has 1 fully saturated rings. The van der Waals surface area contributed by atoms with Gasteiger partial charge in [-0.25, -0.2) is 0 Å². The van der Waals surface area contributed by atoms with Gasteiger partial charge in [0.15, 0.2) is 5.96 Å². The van der Waals surface area contributed by atoms with Crippen molar-refractivity contribution in [3.63, 3.8) is 0 Å². The highest BCUT2D eigenvalue weighted by atomic mass is 127. The van der Waals surface area contributed by atoms with Gasteiger partial charge in [0.25, 0.3) is 0 Å². The van der Waals surface area contributed by atoms with Gasteiger partial charge >= 0.3 is 0 Å². The Hall–Kier alpha value is 0.0500. The van der Waals surface area contributed by atoms with Crippen molar-refractivity contribution in [2.75, 3.05) is 19.3 Å². The van der Waals surface area contributed by atoms with Crippen LogP contribution in [-0.2, 0) is 6.54 Å². The molecule has 108 valence electrons. The molecule has 2 heterocycles. The van der Waals surface area contributed by atoms with Crippen molar-refractivity contribution in [3.8, 4) is 0 Å². The van der Waals surface area contributed by atoms with Crippen LogP contribution in [0.2, 0.25) is 0 Å². The Balaban J connectivity index is 0.00000180. The first-order valence-electron chi connectivity index (χ1n) is 6.39. The summed E-state index contributed by atoms with van der Waals surface area (Å²) in [6.07, 6.45) is 2.69. The molecule has 1 aromatic rings. The zero-order chi connectivity index (χ0) is 12.8. The van der Waals surface area contributed by atoms with Gasteiger partial charge in [-0.3, -0.25) is 4.99 Å². The summed E-state index contributed by atoms with van der Waals surface area (Å²) in [5.74, 6) is 2.22. The molecule has 0 spiro atoms. The van der Waals surface area contributed by atoms with Crippen molar-refractivity contribution < 1.29 is 0 Å². The van der Waals surface area contributed by atoms with Crippen LogP contribution in [0.25, 0.3) is 0 Å². The van der Waals surface area contributed by atoms with E-state index in [4.69, 9.17) is 0 Å². The predicted molar refractivity (Wildman–Crippen MR) is 98.2 cm³/mol. The van der Waals surface area contributed by atoms with Crippen LogP contribution in [0.3, 0.4) is 0 Å². The van der Waals surface area contributed by atoms with E-state index in [1.165, 1.54) is 28.3 Å². The maximum atomic E-state index is 4.26. The molecule has 1 atom stereocenters. The summed E-state index contributed by atoms with van der Waals surface area (Å²) in [6, 6.07) is 4.33. The van der Waals surface area contributed by atoms with Gasteiger partial charge < -0.3 is 10.6 Å². The minimum Gasteiger partial charge on any atom is -0.355 e. The molecular weight excluding hydrogens is 389 g/mol. The average Bonchev–Trinajstić information content (AvgIpc) is 3.01. The summed E-state index contributed by atoms with van der Waals surface area (Å²) in [7, 11) is 1.83. The number of aliphatic imine (C=N–C) groups is 1. The topological polar surface area (TPSA) is 36.4 Å². The Labute approximate surface area is 141 Å². The van der Waals surface area contributed by atoms with Crippen molar-refractivity contribution in [3.05, 3.63) is 21.9 Å². The van der Waals surface area contributed by atoms with Crippen molar-refractivity contribution in [2.24, 2.45) is 4.99 Å². The first kappa shape index (κ1) is 17.1. The van der Waals surface area contributed by atoms with E-state index >= 15 is 0 Å². The van der Waals surface area contributed by atoms with Gasteiger partial charge in [-0.15, -0.1) is 35.3 Å². The Bertz CT molecular complexity index is 400. The van der Waals surface area contributed by atoms with Gasteiger partial charge in [0.1, 0.15) is 0 Å². The molecular formula is C13H22IN3S2. The highest BCUT2D eigenvalue weighted by Gasteiger charge is 2.15. The lowest BCUT2D eigenvalue weighted by molar-refractivity contribution is 0.727. The lowest BCUT2D eigenvalue weighted by Gasteiger charge is -2.14. The number of nitrogens with one attached hydrogen (secondary N) is 2. The number of nitrogens with zero attached hydrogens (tertiary/aromatic N) is 1. The van der Waals surface area contributed by atoms with E-state index in [-0.39, 0.29) is 24.0 Å². The smallest absolute Gasteiger partial charge is 0.191 e. The number of guanidine groups is 1. The Morgan fingerprint density at radius 3 is 2.84 bits per heavy atom. The lowest BCUT2D eigenvalue weighted by atomic mass is 10.2. The summed E-state index contributed by atoms with van der Waals surface area (Å²) in [4.78, 5) is 6.97. The SMILES string of the molecule is CN=C(NCc1ccc(C)s1)NCC1CCCS1.I. The molecule has 2 rings (SSSR count). The zero-order valence-corrected chi connectivity index (χ0v) is 15.4. The van der Waals surface area contributed by atoms with Crippen LogP contribution < -0.4 is 10.6 Å². The fraction of sp³-hybridized carbons (Fsp3) is 0.615. The number of rotatable bonds is 4. The van der Waals surface area contributed by atoms with Crippen LogP contribution in [-0.4, -0.2) is 30.6 Å². The summed E-state index contributed by atoms with van der Waals surface area (Å²) < 4.78 is 0. The average molecular weight is 411 g/mol. The minimum absolute atomic E-state index is 0. The number of aryl methyl sites for hydroxylation is 1. The minimum atomic E-state index is 0. The Kier molecular flexibility index (Phi) is 8.17. The van der Waals surface area contributed by atoms with Gasteiger partial charge in [0.2, 0.25) is 0 Å². The number of hydrogen-bond donors (Lipinski definition) is 2. The standard InChI is InChI=1S/C13H21N3S2.HI/c1-10-5-6-12(18-10)9-16-13(14-2)15-8-11-4-3-7-17-11;/h5-6,11H,3-4,7-9H2,1-2H3,(H2,14,15,16);1H. The van der Waals surface area contributed by atoms with Gasteiger partial charge in [0, 0.05) is 28.6 Å². The lowest BCUT2D eigenvalue weighted by Crippen LogP contribution is -2.39. The molecule has 2 N–H and O–H groups in total. The summed E-state index contributed by atoms with van der Waals surface area (Å²) in [6.45, 7) is 4.02. The largest absolute Gasteiger partial charge is 0.355 e. The molecule has 1 aromatic heterocycles. The van der Waals surface area contributed by atoms with Crippen molar-refractivity contribution >= 4 is 53.0 Å². The third-order valence-corrected chi connectivity index (χ3v) is 5.37. The number of thioether (sulfide) groups is 1. The number of hydrogen-bond acceptors (Lipinski definition) is 3. The second kappa shape index (κ2) is 9.07. The van der Waals surface area contributed by atoms with Crippen LogP contribution in [0.5, 0.6) is 0 Å².